The first kappa shape index (κ1) is 14.0. The largest absolute Gasteiger partial charge is 0.497 e. The Morgan fingerprint density at radius 2 is 1.62 bits per heavy atom. The van der Waals surface area contributed by atoms with Gasteiger partial charge < -0.3 is 10.1 Å². The molecule has 0 heterocycles. The van der Waals surface area contributed by atoms with Crippen LogP contribution in [0.2, 0.25) is 0 Å². The standard InChI is InChI=1S/C19H23NO/c1-13-10-14(2)12-17(11-13)20-19(15-4-5-15)16-6-8-18(21-3)9-7-16/h6-12,15,19-20H,4-5H2,1-3H3. The van der Waals surface area contributed by atoms with Crippen molar-refractivity contribution in [2.75, 3.05) is 12.4 Å². The van der Waals surface area contributed by atoms with E-state index in [1.54, 1.807) is 7.11 Å². The zero-order chi connectivity index (χ0) is 14.8. The average molecular weight is 281 g/mol. The van der Waals surface area contributed by atoms with Crippen molar-refractivity contribution in [2.45, 2.75) is 32.7 Å². The quantitative estimate of drug-likeness (QED) is 0.843. The second-order valence-electron chi connectivity index (χ2n) is 6.11. The number of ether oxygens (including phenoxy) is 1. The molecule has 2 heteroatoms. The lowest BCUT2D eigenvalue weighted by atomic mass is 10.0. The molecular formula is C19H23NO. The predicted octanol–water partition coefficient (Wildman–Crippen LogP) is 4.88. The van der Waals surface area contributed by atoms with Crippen molar-refractivity contribution < 1.29 is 4.74 Å². The molecule has 1 N–H and O–H groups in total. The van der Waals surface area contributed by atoms with Crippen LogP contribution in [0.15, 0.2) is 42.5 Å². The van der Waals surface area contributed by atoms with Gasteiger partial charge in [-0.1, -0.05) is 18.2 Å². The zero-order valence-electron chi connectivity index (χ0n) is 13.0. The van der Waals surface area contributed by atoms with Gasteiger partial charge >= 0.3 is 0 Å². The molecule has 1 aliphatic rings. The molecular weight excluding hydrogens is 258 g/mol. The van der Waals surface area contributed by atoms with Gasteiger partial charge in [0.25, 0.3) is 0 Å². The van der Waals surface area contributed by atoms with Crippen LogP contribution in [0.3, 0.4) is 0 Å². The van der Waals surface area contributed by atoms with Gasteiger partial charge in [-0.3, -0.25) is 0 Å². The molecule has 21 heavy (non-hydrogen) atoms. The zero-order valence-corrected chi connectivity index (χ0v) is 13.0. The van der Waals surface area contributed by atoms with Crippen LogP contribution in [0.25, 0.3) is 0 Å². The van der Waals surface area contributed by atoms with E-state index in [2.05, 4.69) is 49.5 Å². The number of benzene rings is 2. The van der Waals surface area contributed by atoms with Crippen LogP contribution in [0, 0.1) is 19.8 Å². The van der Waals surface area contributed by atoms with Gasteiger partial charge in [0.15, 0.2) is 0 Å². The minimum atomic E-state index is 0.400. The lowest BCUT2D eigenvalue weighted by Gasteiger charge is -2.21. The fourth-order valence-corrected chi connectivity index (χ4v) is 2.95. The average Bonchev–Trinajstić information content (AvgIpc) is 3.28. The Morgan fingerprint density at radius 3 is 2.14 bits per heavy atom. The Morgan fingerprint density at radius 1 is 1.00 bits per heavy atom. The van der Waals surface area contributed by atoms with Gasteiger partial charge in [-0.15, -0.1) is 0 Å². The Hall–Kier alpha value is -1.96. The first-order chi connectivity index (χ1) is 10.2. The third-order valence-corrected chi connectivity index (χ3v) is 4.11. The molecule has 0 aliphatic heterocycles. The second-order valence-corrected chi connectivity index (χ2v) is 6.11. The molecule has 0 amide bonds. The van der Waals surface area contributed by atoms with Crippen LogP contribution in [0.5, 0.6) is 5.75 Å². The molecule has 0 spiro atoms. The summed E-state index contributed by atoms with van der Waals surface area (Å²) in [6.45, 7) is 4.30. The number of hydrogen-bond acceptors (Lipinski definition) is 2. The van der Waals surface area contributed by atoms with E-state index in [-0.39, 0.29) is 0 Å². The summed E-state index contributed by atoms with van der Waals surface area (Å²) in [7, 11) is 1.71. The van der Waals surface area contributed by atoms with E-state index in [9.17, 15) is 0 Å². The fraction of sp³-hybridized carbons (Fsp3) is 0.368. The van der Waals surface area contributed by atoms with E-state index >= 15 is 0 Å². The summed E-state index contributed by atoms with van der Waals surface area (Å²) in [6.07, 6.45) is 2.63. The number of methoxy groups -OCH3 is 1. The summed E-state index contributed by atoms with van der Waals surface area (Å²) >= 11 is 0. The molecule has 0 aromatic heterocycles. The van der Waals surface area contributed by atoms with E-state index < -0.39 is 0 Å². The minimum Gasteiger partial charge on any atom is -0.497 e. The van der Waals surface area contributed by atoms with Crippen LogP contribution >= 0.6 is 0 Å². The highest BCUT2D eigenvalue weighted by Gasteiger charge is 2.32. The maximum absolute atomic E-state index is 5.25. The molecule has 1 unspecified atom stereocenters. The molecule has 1 fully saturated rings. The number of hydrogen-bond donors (Lipinski definition) is 1. The van der Waals surface area contributed by atoms with Gasteiger partial charge in [0.2, 0.25) is 0 Å². The summed E-state index contributed by atoms with van der Waals surface area (Å²) in [5.74, 6) is 1.67. The smallest absolute Gasteiger partial charge is 0.118 e. The van der Waals surface area contributed by atoms with Crippen molar-refractivity contribution in [1.82, 2.24) is 0 Å². The van der Waals surface area contributed by atoms with Gasteiger partial charge in [0.1, 0.15) is 5.75 Å². The molecule has 1 saturated carbocycles. The first-order valence-corrected chi connectivity index (χ1v) is 7.64. The van der Waals surface area contributed by atoms with Crippen LogP contribution in [-0.2, 0) is 0 Å². The highest BCUT2D eigenvalue weighted by atomic mass is 16.5. The third kappa shape index (κ3) is 3.38. The Kier molecular flexibility index (Phi) is 3.87. The first-order valence-electron chi connectivity index (χ1n) is 7.64. The van der Waals surface area contributed by atoms with Crippen molar-refractivity contribution >= 4 is 5.69 Å². The van der Waals surface area contributed by atoms with Crippen LogP contribution in [-0.4, -0.2) is 7.11 Å². The van der Waals surface area contributed by atoms with Gasteiger partial charge in [-0.25, -0.2) is 0 Å². The van der Waals surface area contributed by atoms with E-state index in [1.807, 2.05) is 12.1 Å². The van der Waals surface area contributed by atoms with Crippen LogP contribution < -0.4 is 10.1 Å². The van der Waals surface area contributed by atoms with Crippen molar-refractivity contribution in [2.24, 2.45) is 5.92 Å². The van der Waals surface area contributed by atoms with Crippen molar-refractivity contribution in [1.29, 1.82) is 0 Å². The SMILES string of the molecule is COc1ccc(C(Nc2cc(C)cc(C)c2)C2CC2)cc1. The van der Waals surface area contributed by atoms with E-state index in [4.69, 9.17) is 4.74 Å². The lowest BCUT2D eigenvalue weighted by molar-refractivity contribution is 0.414. The summed E-state index contributed by atoms with van der Waals surface area (Å²) in [6, 6.07) is 15.5. The molecule has 0 saturated heterocycles. The second kappa shape index (κ2) is 5.80. The number of anilines is 1. The number of nitrogens with one attached hydrogen (secondary N) is 1. The van der Waals surface area contributed by atoms with E-state index in [0.29, 0.717) is 6.04 Å². The Balaban J connectivity index is 1.84. The summed E-state index contributed by atoms with van der Waals surface area (Å²) in [5.41, 5.74) is 5.18. The van der Waals surface area contributed by atoms with Gasteiger partial charge in [0.05, 0.1) is 13.2 Å². The lowest BCUT2D eigenvalue weighted by Crippen LogP contribution is -2.13. The third-order valence-electron chi connectivity index (χ3n) is 4.11. The number of rotatable bonds is 5. The van der Waals surface area contributed by atoms with Gasteiger partial charge in [0, 0.05) is 5.69 Å². The molecule has 3 rings (SSSR count). The highest BCUT2D eigenvalue weighted by Crippen LogP contribution is 2.43. The summed E-state index contributed by atoms with van der Waals surface area (Å²) < 4.78 is 5.25. The fourth-order valence-electron chi connectivity index (χ4n) is 2.95. The Bertz CT molecular complexity index is 594. The van der Waals surface area contributed by atoms with Crippen LogP contribution in [0.4, 0.5) is 5.69 Å². The van der Waals surface area contributed by atoms with Crippen molar-refractivity contribution in [3.63, 3.8) is 0 Å². The molecule has 2 nitrogen and oxygen atoms in total. The summed E-state index contributed by atoms with van der Waals surface area (Å²) in [5, 5.41) is 3.74. The molecule has 2 aromatic rings. The van der Waals surface area contributed by atoms with Gasteiger partial charge in [-0.05, 0) is 73.6 Å². The van der Waals surface area contributed by atoms with E-state index in [0.717, 1.165) is 11.7 Å². The normalized spacial score (nSPS) is 15.6. The molecule has 1 atom stereocenters. The maximum Gasteiger partial charge on any atom is 0.118 e. The maximum atomic E-state index is 5.25. The predicted molar refractivity (Wildman–Crippen MR) is 88.0 cm³/mol. The van der Waals surface area contributed by atoms with Crippen LogP contribution in [0.1, 0.15) is 35.6 Å². The monoisotopic (exact) mass is 281 g/mol. The molecule has 110 valence electrons. The molecule has 0 bridgehead atoms. The highest BCUT2D eigenvalue weighted by molar-refractivity contribution is 5.50. The molecule has 1 aliphatic carbocycles. The van der Waals surface area contributed by atoms with Gasteiger partial charge in [-0.2, -0.15) is 0 Å². The summed E-state index contributed by atoms with van der Waals surface area (Å²) in [4.78, 5) is 0. The Labute approximate surface area is 127 Å². The minimum absolute atomic E-state index is 0.400. The van der Waals surface area contributed by atoms with E-state index in [1.165, 1.54) is 35.2 Å². The van der Waals surface area contributed by atoms with Crippen molar-refractivity contribution in [3.8, 4) is 5.75 Å². The molecule has 0 radical (unpaired) electrons. The number of aryl methyl sites for hydroxylation is 2. The molecule has 2 aromatic carbocycles. The topological polar surface area (TPSA) is 21.3 Å². The van der Waals surface area contributed by atoms with Crippen molar-refractivity contribution in [3.05, 3.63) is 59.2 Å².